The fraction of sp³-hybridized carbons (Fsp3) is 1.00. The fourth-order valence-electron chi connectivity index (χ4n) is 1.89. The summed E-state index contributed by atoms with van der Waals surface area (Å²) in [6, 6.07) is 0. The molecule has 0 radical (unpaired) electrons. The molecule has 3 nitrogen and oxygen atoms in total. The fourth-order valence-corrected chi connectivity index (χ4v) is 1.89. The molecule has 96 valence electrons. The quantitative estimate of drug-likeness (QED) is 0.726. The van der Waals surface area contributed by atoms with Gasteiger partial charge in [0.1, 0.15) is 0 Å². The molecule has 1 heterocycles. The van der Waals surface area contributed by atoms with Gasteiger partial charge >= 0.3 is 0 Å². The van der Waals surface area contributed by atoms with E-state index in [4.69, 9.17) is 9.47 Å². The molecule has 16 heavy (non-hydrogen) atoms. The predicted molar refractivity (Wildman–Crippen MR) is 66.7 cm³/mol. The Bertz CT molecular complexity index is 183. The molecule has 1 saturated heterocycles. The van der Waals surface area contributed by atoms with E-state index >= 15 is 0 Å². The van der Waals surface area contributed by atoms with Crippen LogP contribution in [0.5, 0.6) is 0 Å². The van der Waals surface area contributed by atoms with Crippen LogP contribution in [0.3, 0.4) is 0 Å². The maximum atomic E-state index is 5.91. The summed E-state index contributed by atoms with van der Waals surface area (Å²) in [7, 11) is 0. The molecule has 0 aromatic rings. The van der Waals surface area contributed by atoms with Crippen LogP contribution in [0.15, 0.2) is 0 Å². The van der Waals surface area contributed by atoms with Crippen LogP contribution in [-0.4, -0.2) is 38.0 Å². The zero-order valence-corrected chi connectivity index (χ0v) is 11.2. The molecule has 0 amide bonds. The monoisotopic (exact) mass is 229 g/mol. The molecule has 2 atom stereocenters. The minimum atomic E-state index is 0.307. The Kier molecular flexibility index (Phi) is 6.32. The van der Waals surface area contributed by atoms with Crippen LogP contribution in [0.4, 0.5) is 0 Å². The van der Waals surface area contributed by atoms with Crippen LogP contribution in [0.1, 0.15) is 40.5 Å². The molecular formula is C13H27NO2. The topological polar surface area (TPSA) is 30.5 Å². The van der Waals surface area contributed by atoms with E-state index in [0.717, 1.165) is 32.5 Å². The van der Waals surface area contributed by atoms with E-state index in [1.54, 1.807) is 0 Å². The summed E-state index contributed by atoms with van der Waals surface area (Å²) in [5.41, 5.74) is 0. The third-order valence-corrected chi connectivity index (χ3v) is 2.74. The largest absolute Gasteiger partial charge is 0.376 e. The molecule has 1 rings (SSSR count). The van der Waals surface area contributed by atoms with Crippen molar-refractivity contribution >= 4 is 0 Å². The summed E-state index contributed by atoms with van der Waals surface area (Å²) < 4.78 is 11.5. The molecule has 1 N–H and O–H groups in total. The van der Waals surface area contributed by atoms with Gasteiger partial charge in [-0.2, -0.15) is 0 Å². The number of hydrogen-bond acceptors (Lipinski definition) is 3. The molecule has 2 unspecified atom stereocenters. The smallest absolute Gasteiger partial charge is 0.0814 e. The van der Waals surface area contributed by atoms with Crippen LogP contribution in [-0.2, 0) is 9.47 Å². The van der Waals surface area contributed by atoms with Gasteiger partial charge in [0.15, 0.2) is 0 Å². The lowest BCUT2D eigenvalue weighted by Crippen LogP contribution is -2.30. The molecule has 1 aliphatic heterocycles. The van der Waals surface area contributed by atoms with Crippen LogP contribution >= 0.6 is 0 Å². The van der Waals surface area contributed by atoms with E-state index in [0.29, 0.717) is 24.2 Å². The highest BCUT2D eigenvalue weighted by atomic mass is 16.5. The summed E-state index contributed by atoms with van der Waals surface area (Å²) in [5.74, 6) is 0.710. The minimum Gasteiger partial charge on any atom is -0.376 e. The minimum absolute atomic E-state index is 0.307. The standard InChI is InChI=1S/C13H27NO2/c1-10(2)7-14-8-12-5-6-13(16-12)9-15-11(3)4/h10-14H,5-9H2,1-4H3. The second kappa shape index (κ2) is 7.25. The van der Waals surface area contributed by atoms with Crippen molar-refractivity contribution < 1.29 is 9.47 Å². The first-order valence-electron chi connectivity index (χ1n) is 6.55. The first-order valence-corrected chi connectivity index (χ1v) is 6.55. The molecular weight excluding hydrogens is 202 g/mol. The van der Waals surface area contributed by atoms with Gasteiger partial charge in [-0.15, -0.1) is 0 Å². The van der Waals surface area contributed by atoms with E-state index in [1.807, 2.05) is 0 Å². The van der Waals surface area contributed by atoms with Crippen LogP contribution in [0, 0.1) is 5.92 Å². The number of hydrogen-bond donors (Lipinski definition) is 1. The Hall–Kier alpha value is -0.120. The van der Waals surface area contributed by atoms with Gasteiger partial charge in [-0.05, 0) is 39.2 Å². The van der Waals surface area contributed by atoms with Crippen molar-refractivity contribution in [3.63, 3.8) is 0 Å². The highest BCUT2D eigenvalue weighted by Gasteiger charge is 2.25. The lowest BCUT2D eigenvalue weighted by Gasteiger charge is -2.16. The first kappa shape index (κ1) is 13.9. The van der Waals surface area contributed by atoms with E-state index in [9.17, 15) is 0 Å². The van der Waals surface area contributed by atoms with E-state index < -0.39 is 0 Å². The third-order valence-electron chi connectivity index (χ3n) is 2.74. The Labute approximate surface area is 99.9 Å². The van der Waals surface area contributed by atoms with E-state index in [-0.39, 0.29) is 0 Å². The van der Waals surface area contributed by atoms with Crippen molar-refractivity contribution in [2.75, 3.05) is 19.7 Å². The summed E-state index contributed by atoms with van der Waals surface area (Å²) in [6.07, 6.45) is 3.31. The summed E-state index contributed by atoms with van der Waals surface area (Å²) in [5, 5.41) is 3.45. The zero-order chi connectivity index (χ0) is 12.0. The van der Waals surface area contributed by atoms with Gasteiger partial charge < -0.3 is 14.8 Å². The van der Waals surface area contributed by atoms with E-state index in [1.165, 1.54) is 0 Å². The molecule has 1 aliphatic rings. The van der Waals surface area contributed by atoms with E-state index in [2.05, 4.69) is 33.0 Å². The van der Waals surface area contributed by atoms with Gasteiger partial charge in [0, 0.05) is 6.54 Å². The number of ether oxygens (including phenoxy) is 2. The normalized spacial score (nSPS) is 25.9. The third kappa shape index (κ3) is 5.83. The molecule has 1 fully saturated rings. The maximum absolute atomic E-state index is 5.91. The van der Waals surface area contributed by atoms with Gasteiger partial charge in [-0.3, -0.25) is 0 Å². The maximum Gasteiger partial charge on any atom is 0.0814 e. The van der Waals surface area contributed by atoms with Crippen molar-refractivity contribution in [2.45, 2.75) is 58.8 Å². The molecule has 0 aromatic heterocycles. The lowest BCUT2D eigenvalue weighted by molar-refractivity contribution is -0.0317. The number of nitrogens with one attached hydrogen (secondary N) is 1. The van der Waals surface area contributed by atoms with Gasteiger partial charge in [0.05, 0.1) is 24.9 Å². The van der Waals surface area contributed by atoms with Crippen molar-refractivity contribution in [1.29, 1.82) is 0 Å². The van der Waals surface area contributed by atoms with Crippen LogP contribution < -0.4 is 5.32 Å². The average Bonchev–Trinajstić information content (AvgIpc) is 2.62. The van der Waals surface area contributed by atoms with Gasteiger partial charge in [-0.25, -0.2) is 0 Å². The Morgan fingerprint density at radius 2 is 1.88 bits per heavy atom. The lowest BCUT2D eigenvalue weighted by atomic mass is 10.2. The predicted octanol–water partition coefficient (Wildman–Crippen LogP) is 2.20. The molecule has 0 saturated carbocycles. The molecule has 3 heteroatoms. The molecule has 0 bridgehead atoms. The van der Waals surface area contributed by atoms with Crippen molar-refractivity contribution in [2.24, 2.45) is 5.92 Å². The van der Waals surface area contributed by atoms with Crippen molar-refractivity contribution in [1.82, 2.24) is 5.32 Å². The summed E-state index contributed by atoms with van der Waals surface area (Å²) in [6.45, 7) is 11.4. The second-order valence-corrected chi connectivity index (χ2v) is 5.39. The Morgan fingerprint density at radius 3 is 2.50 bits per heavy atom. The van der Waals surface area contributed by atoms with Crippen molar-refractivity contribution in [3.8, 4) is 0 Å². The Morgan fingerprint density at radius 1 is 1.19 bits per heavy atom. The van der Waals surface area contributed by atoms with Crippen LogP contribution in [0.2, 0.25) is 0 Å². The second-order valence-electron chi connectivity index (χ2n) is 5.39. The van der Waals surface area contributed by atoms with Gasteiger partial charge in [0.2, 0.25) is 0 Å². The molecule has 0 aliphatic carbocycles. The SMILES string of the molecule is CC(C)CNCC1CCC(COC(C)C)O1. The summed E-state index contributed by atoms with van der Waals surface area (Å²) >= 11 is 0. The van der Waals surface area contributed by atoms with Crippen LogP contribution in [0.25, 0.3) is 0 Å². The first-order chi connectivity index (χ1) is 7.58. The number of rotatable bonds is 7. The molecule has 0 spiro atoms. The van der Waals surface area contributed by atoms with Crippen molar-refractivity contribution in [3.05, 3.63) is 0 Å². The highest BCUT2D eigenvalue weighted by molar-refractivity contribution is 4.75. The van der Waals surface area contributed by atoms with Gasteiger partial charge in [-0.1, -0.05) is 13.8 Å². The summed E-state index contributed by atoms with van der Waals surface area (Å²) in [4.78, 5) is 0. The Balaban J connectivity index is 2.05. The zero-order valence-electron chi connectivity index (χ0n) is 11.2. The molecule has 0 aromatic carbocycles. The average molecular weight is 229 g/mol. The van der Waals surface area contributed by atoms with Gasteiger partial charge in [0.25, 0.3) is 0 Å². The highest BCUT2D eigenvalue weighted by Crippen LogP contribution is 2.19.